The number of rotatable bonds is 6. The van der Waals surface area contributed by atoms with Gasteiger partial charge in [-0.1, -0.05) is 36.2 Å². The molecule has 1 heterocycles. The summed E-state index contributed by atoms with van der Waals surface area (Å²) in [6.45, 7) is 4.57. The molecule has 1 aliphatic heterocycles. The molecule has 0 saturated carbocycles. The summed E-state index contributed by atoms with van der Waals surface area (Å²) in [5, 5.41) is 4.50. The number of nitrogens with one attached hydrogen (secondary N) is 1. The Labute approximate surface area is 128 Å². The van der Waals surface area contributed by atoms with E-state index >= 15 is 0 Å². The van der Waals surface area contributed by atoms with Crippen LogP contribution >= 0.6 is 11.6 Å². The molecule has 3 heteroatoms. The van der Waals surface area contributed by atoms with E-state index in [2.05, 4.69) is 36.3 Å². The third-order valence-corrected chi connectivity index (χ3v) is 4.84. The van der Waals surface area contributed by atoms with Gasteiger partial charge in [-0.05, 0) is 64.4 Å². The zero-order valence-electron chi connectivity index (χ0n) is 12.7. The largest absolute Gasteiger partial charge is 0.314 e. The van der Waals surface area contributed by atoms with Gasteiger partial charge in [0.25, 0.3) is 0 Å². The summed E-state index contributed by atoms with van der Waals surface area (Å²) in [6, 6.07) is 9.29. The predicted molar refractivity (Wildman–Crippen MR) is 87.4 cm³/mol. The summed E-state index contributed by atoms with van der Waals surface area (Å²) in [5.41, 5.74) is 1.23. The zero-order chi connectivity index (χ0) is 14.4. The van der Waals surface area contributed by atoms with Crippen LogP contribution in [-0.4, -0.2) is 31.1 Å². The van der Waals surface area contributed by atoms with Gasteiger partial charge in [0.2, 0.25) is 0 Å². The summed E-state index contributed by atoms with van der Waals surface area (Å²) in [4.78, 5) is 2.41. The maximum Gasteiger partial charge on any atom is 0.0453 e. The van der Waals surface area contributed by atoms with E-state index in [9.17, 15) is 0 Å². The maximum absolute atomic E-state index is 6.28. The molecule has 0 aromatic heterocycles. The molecule has 0 aliphatic carbocycles. The maximum atomic E-state index is 6.28. The minimum absolute atomic E-state index is 0.378. The molecule has 0 amide bonds. The van der Waals surface area contributed by atoms with E-state index in [1.165, 1.54) is 44.2 Å². The van der Waals surface area contributed by atoms with Crippen LogP contribution in [0, 0.1) is 0 Å². The van der Waals surface area contributed by atoms with Crippen molar-refractivity contribution in [2.24, 2.45) is 0 Å². The molecule has 1 aromatic carbocycles. The molecule has 1 N–H and O–H groups in total. The Morgan fingerprint density at radius 3 is 2.85 bits per heavy atom. The topological polar surface area (TPSA) is 15.3 Å². The first-order chi connectivity index (χ1) is 9.68. The Hall–Kier alpha value is -0.570. The molecular formula is C17H27ClN2. The molecule has 0 radical (unpaired) electrons. The van der Waals surface area contributed by atoms with Crippen molar-refractivity contribution in [3.63, 3.8) is 0 Å². The average molecular weight is 295 g/mol. The van der Waals surface area contributed by atoms with Gasteiger partial charge in [0.15, 0.2) is 0 Å². The molecule has 0 spiro atoms. The van der Waals surface area contributed by atoms with Crippen molar-refractivity contribution in [2.45, 2.75) is 51.1 Å². The second-order valence-corrected chi connectivity index (χ2v) is 6.37. The van der Waals surface area contributed by atoms with Gasteiger partial charge in [0, 0.05) is 17.1 Å². The van der Waals surface area contributed by atoms with Gasteiger partial charge in [-0.3, -0.25) is 4.90 Å². The first kappa shape index (κ1) is 15.8. The van der Waals surface area contributed by atoms with Gasteiger partial charge in [0.05, 0.1) is 0 Å². The van der Waals surface area contributed by atoms with E-state index in [4.69, 9.17) is 11.6 Å². The third-order valence-electron chi connectivity index (χ3n) is 4.49. The van der Waals surface area contributed by atoms with Crippen molar-refractivity contribution in [2.75, 3.05) is 20.1 Å². The van der Waals surface area contributed by atoms with E-state index in [0.717, 1.165) is 17.6 Å². The van der Waals surface area contributed by atoms with Crippen molar-refractivity contribution < 1.29 is 0 Å². The summed E-state index contributed by atoms with van der Waals surface area (Å²) in [5.74, 6) is 0. The van der Waals surface area contributed by atoms with Crippen LogP contribution < -0.4 is 5.32 Å². The molecule has 1 aromatic rings. The predicted octanol–water partition coefficient (Wildman–Crippen LogP) is 4.26. The van der Waals surface area contributed by atoms with E-state index in [1.807, 2.05) is 12.1 Å². The van der Waals surface area contributed by atoms with Crippen molar-refractivity contribution in [3.8, 4) is 0 Å². The molecule has 2 atom stereocenters. The van der Waals surface area contributed by atoms with Gasteiger partial charge in [0.1, 0.15) is 0 Å². The lowest BCUT2D eigenvalue weighted by Gasteiger charge is -2.28. The van der Waals surface area contributed by atoms with Crippen LogP contribution in [0.1, 0.15) is 50.6 Å². The number of hydrogen-bond acceptors (Lipinski definition) is 2. The van der Waals surface area contributed by atoms with Crippen molar-refractivity contribution in [3.05, 3.63) is 34.9 Å². The van der Waals surface area contributed by atoms with Crippen molar-refractivity contribution in [1.82, 2.24) is 10.2 Å². The summed E-state index contributed by atoms with van der Waals surface area (Å²) in [6.07, 6.45) is 6.63. The van der Waals surface area contributed by atoms with E-state index in [-0.39, 0.29) is 0 Å². The highest BCUT2D eigenvalue weighted by atomic mass is 35.5. The normalized spacial score (nSPS) is 21.1. The number of nitrogens with zero attached hydrogens (tertiary/aromatic N) is 1. The molecule has 112 valence electrons. The van der Waals surface area contributed by atoms with Gasteiger partial charge < -0.3 is 5.32 Å². The molecule has 2 rings (SSSR count). The van der Waals surface area contributed by atoms with Crippen LogP contribution in [0.2, 0.25) is 5.02 Å². The summed E-state index contributed by atoms with van der Waals surface area (Å²) >= 11 is 6.28. The van der Waals surface area contributed by atoms with Crippen LogP contribution in [0.4, 0.5) is 0 Å². The number of benzene rings is 1. The molecule has 1 fully saturated rings. The highest BCUT2D eigenvalue weighted by molar-refractivity contribution is 6.31. The van der Waals surface area contributed by atoms with E-state index in [1.54, 1.807) is 0 Å². The second-order valence-electron chi connectivity index (χ2n) is 5.97. The Morgan fingerprint density at radius 1 is 1.35 bits per heavy atom. The highest BCUT2D eigenvalue weighted by Gasteiger charge is 2.16. The standard InChI is InChI=1S/C17H27ClN2/c1-14(16-10-3-4-11-17(16)18)20(2)13-7-9-15-8-5-6-12-19-15/h3-4,10-11,14-15,19H,5-9,12-13H2,1-2H3. The smallest absolute Gasteiger partial charge is 0.0453 e. The van der Waals surface area contributed by atoms with Gasteiger partial charge in [-0.25, -0.2) is 0 Å². The Balaban J connectivity index is 1.76. The van der Waals surface area contributed by atoms with Crippen LogP contribution in [0.15, 0.2) is 24.3 Å². The van der Waals surface area contributed by atoms with E-state index < -0.39 is 0 Å². The Kier molecular flexibility index (Phi) is 6.34. The third kappa shape index (κ3) is 4.47. The minimum Gasteiger partial charge on any atom is -0.314 e. The van der Waals surface area contributed by atoms with Crippen LogP contribution in [0.3, 0.4) is 0 Å². The minimum atomic E-state index is 0.378. The lowest BCUT2D eigenvalue weighted by Crippen LogP contribution is -2.34. The van der Waals surface area contributed by atoms with Gasteiger partial charge >= 0.3 is 0 Å². The second kappa shape index (κ2) is 8.02. The fourth-order valence-electron chi connectivity index (χ4n) is 3.00. The molecule has 0 bridgehead atoms. The average Bonchev–Trinajstić information content (AvgIpc) is 2.48. The fourth-order valence-corrected chi connectivity index (χ4v) is 3.30. The van der Waals surface area contributed by atoms with Crippen molar-refractivity contribution >= 4 is 11.6 Å². The molecule has 2 nitrogen and oxygen atoms in total. The summed E-state index contributed by atoms with van der Waals surface area (Å²) < 4.78 is 0. The molecular weight excluding hydrogens is 268 g/mol. The molecule has 1 saturated heterocycles. The number of piperidine rings is 1. The lowest BCUT2D eigenvalue weighted by atomic mass is 10.00. The highest BCUT2D eigenvalue weighted by Crippen LogP contribution is 2.26. The zero-order valence-corrected chi connectivity index (χ0v) is 13.5. The lowest BCUT2D eigenvalue weighted by molar-refractivity contribution is 0.247. The first-order valence-corrected chi connectivity index (χ1v) is 8.24. The van der Waals surface area contributed by atoms with Crippen molar-refractivity contribution in [1.29, 1.82) is 0 Å². The van der Waals surface area contributed by atoms with Gasteiger partial charge in [-0.15, -0.1) is 0 Å². The molecule has 2 unspecified atom stereocenters. The van der Waals surface area contributed by atoms with E-state index in [0.29, 0.717) is 6.04 Å². The first-order valence-electron chi connectivity index (χ1n) is 7.86. The van der Waals surface area contributed by atoms with Crippen LogP contribution in [0.25, 0.3) is 0 Å². The quantitative estimate of drug-likeness (QED) is 0.843. The SMILES string of the molecule is CC(c1ccccc1Cl)N(C)CCCC1CCCCN1. The fraction of sp³-hybridized carbons (Fsp3) is 0.647. The molecule has 20 heavy (non-hydrogen) atoms. The number of hydrogen-bond donors (Lipinski definition) is 1. The van der Waals surface area contributed by atoms with Crippen LogP contribution in [-0.2, 0) is 0 Å². The van der Waals surface area contributed by atoms with Gasteiger partial charge in [-0.2, -0.15) is 0 Å². The monoisotopic (exact) mass is 294 g/mol. The van der Waals surface area contributed by atoms with Crippen LogP contribution in [0.5, 0.6) is 0 Å². The molecule has 1 aliphatic rings. The summed E-state index contributed by atoms with van der Waals surface area (Å²) in [7, 11) is 2.20. The number of halogens is 1. The Morgan fingerprint density at radius 2 is 2.15 bits per heavy atom. The Bertz CT molecular complexity index is 402.